The van der Waals surface area contributed by atoms with Gasteiger partial charge in [-0.05, 0) is 47.7 Å². The van der Waals surface area contributed by atoms with Gasteiger partial charge < -0.3 is 5.32 Å². The van der Waals surface area contributed by atoms with Crippen molar-refractivity contribution in [3.05, 3.63) is 88.1 Å². The molecular formula is C21H16ClFN4O. The van der Waals surface area contributed by atoms with E-state index in [2.05, 4.69) is 15.4 Å². The summed E-state index contributed by atoms with van der Waals surface area (Å²) in [6, 6.07) is 13.5. The molecule has 0 radical (unpaired) electrons. The standard InChI is InChI=1S/C21H16ClFN4O/c22-15-3-1-2-13(8-15)20-19-17(26-21-24-11-25-27(20)21)9-14(10-18(19)28)12-4-6-16(23)7-5-12/h1-8,11,14,20H,9-10H2,(H,24,25,26)/t14-,20-/m1/s1. The van der Waals surface area contributed by atoms with Gasteiger partial charge in [0.2, 0.25) is 5.95 Å². The molecule has 2 aliphatic rings. The number of nitrogens with one attached hydrogen (secondary N) is 1. The monoisotopic (exact) mass is 394 g/mol. The molecule has 0 bridgehead atoms. The number of hydrogen-bond acceptors (Lipinski definition) is 4. The molecule has 2 atom stereocenters. The number of benzene rings is 2. The molecule has 0 fully saturated rings. The number of anilines is 1. The van der Waals surface area contributed by atoms with Crippen molar-refractivity contribution in [3.63, 3.8) is 0 Å². The average molecular weight is 395 g/mol. The minimum Gasteiger partial charge on any atom is -0.328 e. The van der Waals surface area contributed by atoms with Crippen LogP contribution in [0.15, 0.2) is 66.1 Å². The summed E-state index contributed by atoms with van der Waals surface area (Å²) in [6.45, 7) is 0. The number of fused-ring (bicyclic) bond motifs is 1. The first-order valence-electron chi connectivity index (χ1n) is 9.04. The zero-order valence-corrected chi connectivity index (χ0v) is 15.5. The number of carbonyl (C=O) groups is 1. The third-order valence-corrected chi connectivity index (χ3v) is 5.60. The molecule has 28 heavy (non-hydrogen) atoms. The predicted octanol–water partition coefficient (Wildman–Crippen LogP) is 4.49. The van der Waals surface area contributed by atoms with E-state index in [1.54, 1.807) is 22.9 Å². The first-order chi connectivity index (χ1) is 13.6. The third-order valence-electron chi connectivity index (χ3n) is 5.37. The normalized spacial score (nSPS) is 21.1. The van der Waals surface area contributed by atoms with Crippen LogP contribution in [0.5, 0.6) is 0 Å². The quantitative estimate of drug-likeness (QED) is 0.695. The molecule has 2 aromatic carbocycles. The first-order valence-corrected chi connectivity index (χ1v) is 9.41. The van der Waals surface area contributed by atoms with E-state index in [0.717, 1.165) is 16.8 Å². The van der Waals surface area contributed by atoms with Crippen LogP contribution in [0.4, 0.5) is 10.3 Å². The number of hydrogen-bond donors (Lipinski definition) is 1. The molecule has 3 aromatic rings. The molecule has 5 rings (SSSR count). The van der Waals surface area contributed by atoms with Crippen molar-refractivity contribution >= 4 is 23.3 Å². The van der Waals surface area contributed by atoms with Gasteiger partial charge in [0.05, 0.1) is 0 Å². The minimum absolute atomic E-state index is 0.00571. The fourth-order valence-corrected chi connectivity index (χ4v) is 4.31. The van der Waals surface area contributed by atoms with Crippen molar-refractivity contribution in [2.45, 2.75) is 24.8 Å². The SMILES string of the molecule is O=C1C[C@H](c2ccc(F)cc2)CC2=C1[C@@H](c1cccc(Cl)c1)n1ncnc1N2. The van der Waals surface area contributed by atoms with Gasteiger partial charge in [-0.1, -0.05) is 35.9 Å². The van der Waals surface area contributed by atoms with Gasteiger partial charge in [-0.3, -0.25) is 4.79 Å². The van der Waals surface area contributed by atoms with Crippen molar-refractivity contribution in [2.24, 2.45) is 0 Å². The van der Waals surface area contributed by atoms with Crippen molar-refractivity contribution in [2.75, 3.05) is 5.32 Å². The Morgan fingerprint density at radius 1 is 1.11 bits per heavy atom. The Hall–Kier alpha value is -2.99. The number of allylic oxidation sites excluding steroid dienone is 2. The number of aromatic nitrogens is 3. The Morgan fingerprint density at radius 3 is 2.71 bits per heavy atom. The number of carbonyl (C=O) groups excluding carboxylic acids is 1. The number of ketones is 1. The van der Waals surface area contributed by atoms with Gasteiger partial charge in [0.1, 0.15) is 18.2 Å². The summed E-state index contributed by atoms with van der Waals surface area (Å²) < 4.78 is 15.0. The Kier molecular flexibility index (Phi) is 4.02. The molecule has 0 saturated carbocycles. The van der Waals surface area contributed by atoms with E-state index in [9.17, 15) is 9.18 Å². The second-order valence-electron chi connectivity index (χ2n) is 7.08. The summed E-state index contributed by atoms with van der Waals surface area (Å²) in [5, 5.41) is 8.21. The Balaban J connectivity index is 1.59. The molecule has 1 aromatic heterocycles. The molecular weight excluding hydrogens is 379 g/mol. The van der Waals surface area contributed by atoms with Gasteiger partial charge in [0.25, 0.3) is 0 Å². The van der Waals surface area contributed by atoms with Crippen molar-refractivity contribution in [1.29, 1.82) is 0 Å². The molecule has 1 aliphatic heterocycles. The minimum atomic E-state index is -0.367. The largest absolute Gasteiger partial charge is 0.328 e. The van der Waals surface area contributed by atoms with E-state index in [4.69, 9.17) is 11.6 Å². The number of halogens is 2. The molecule has 2 heterocycles. The molecule has 0 spiro atoms. The van der Waals surface area contributed by atoms with E-state index in [-0.39, 0.29) is 23.6 Å². The Bertz CT molecular complexity index is 1110. The van der Waals surface area contributed by atoms with Gasteiger partial charge in [-0.15, -0.1) is 0 Å². The highest BCUT2D eigenvalue weighted by atomic mass is 35.5. The lowest BCUT2D eigenvalue weighted by Gasteiger charge is -2.35. The summed E-state index contributed by atoms with van der Waals surface area (Å²) in [7, 11) is 0. The number of rotatable bonds is 2. The van der Waals surface area contributed by atoms with Crippen LogP contribution in [0.25, 0.3) is 0 Å². The summed E-state index contributed by atoms with van der Waals surface area (Å²) in [5.41, 5.74) is 3.38. The second kappa shape index (κ2) is 6.56. The van der Waals surface area contributed by atoms with Crippen LogP contribution in [0.3, 0.4) is 0 Å². The highest BCUT2D eigenvalue weighted by Gasteiger charge is 2.39. The molecule has 1 N–H and O–H groups in total. The van der Waals surface area contributed by atoms with Crippen LogP contribution in [0.1, 0.15) is 35.9 Å². The molecule has 1 aliphatic carbocycles. The average Bonchev–Trinajstić information content (AvgIpc) is 3.15. The maximum absolute atomic E-state index is 13.3. The van der Waals surface area contributed by atoms with E-state index in [1.807, 2.05) is 18.2 Å². The summed E-state index contributed by atoms with van der Waals surface area (Å²) in [6.07, 6.45) is 2.49. The van der Waals surface area contributed by atoms with Crippen molar-refractivity contribution in [3.8, 4) is 0 Å². The summed E-state index contributed by atoms with van der Waals surface area (Å²) in [5.74, 6) is 0.356. The molecule has 140 valence electrons. The molecule has 7 heteroatoms. The van der Waals surface area contributed by atoms with E-state index in [1.165, 1.54) is 18.5 Å². The van der Waals surface area contributed by atoms with Gasteiger partial charge in [0, 0.05) is 22.7 Å². The maximum Gasteiger partial charge on any atom is 0.226 e. The smallest absolute Gasteiger partial charge is 0.226 e. The molecule has 0 amide bonds. The van der Waals surface area contributed by atoms with Crippen molar-refractivity contribution < 1.29 is 9.18 Å². The highest BCUT2D eigenvalue weighted by molar-refractivity contribution is 6.30. The number of Topliss-reactive ketones (excluding diaryl/α,β-unsaturated/α-hetero) is 1. The van der Waals surface area contributed by atoms with Crippen LogP contribution in [-0.2, 0) is 4.79 Å². The van der Waals surface area contributed by atoms with Gasteiger partial charge >= 0.3 is 0 Å². The van der Waals surface area contributed by atoms with Crippen LogP contribution >= 0.6 is 11.6 Å². The summed E-state index contributed by atoms with van der Waals surface area (Å²) >= 11 is 6.20. The summed E-state index contributed by atoms with van der Waals surface area (Å²) in [4.78, 5) is 17.5. The molecule has 0 unspecified atom stereocenters. The predicted molar refractivity (Wildman–Crippen MR) is 104 cm³/mol. The van der Waals surface area contributed by atoms with E-state index >= 15 is 0 Å². The lowest BCUT2D eigenvalue weighted by atomic mass is 9.78. The second-order valence-corrected chi connectivity index (χ2v) is 7.52. The fourth-order valence-electron chi connectivity index (χ4n) is 4.11. The lowest BCUT2D eigenvalue weighted by molar-refractivity contribution is -0.116. The van der Waals surface area contributed by atoms with Gasteiger partial charge in [0.15, 0.2) is 5.78 Å². The fraction of sp³-hybridized carbons (Fsp3) is 0.190. The Labute approximate surface area is 165 Å². The van der Waals surface area contributed by atoms with Crippen LogP contribution < -0.4 is 5.32 Å². The number of nitrogens with zero attached hydrogens (tertiary/aromatic N) is 3. The highest BCUT2D eigenvalue weighted by Crippen LogP contribution is 2.44. The molecule has 5 nitrogen and oxygen atoms in total. The van der Waals surface area contributed by atoms with Crippen LogP contribution in [0, 0.1) is 5.82 Å². The van der Waals surface area contributed by atoms with E-state index in [0.29, 0.717) is 29.4 Å². The van der Waals surface area contributed by atoms with Crippen molar-refractivity contribution in [1.82, 2.24) is 14.8 Å². The zero-order valence-electron chi connectivity index (χ0n) is 14.8. The van der Waals surface area contributed by atoms with Crippen LogP contribution in [0.2, 0.25) is 5.02 Å². The van der Waals surface area contributed by atoms with Gasteiger partial charge in [-0.2, -0.15) is 10.1 Å². The molecule has 0 saturated heterocycles. The lowest BCUT2D eigenvalue weighted by Crippen LogP contribution is -2.33. The third kappa shape index (κ3) is 2.81. The van der Waals surface area contributed by atoms with Gasteiger partial charge in [-0.25, -0.2) is 9.07 Å². The zero-order chi connectivity index (χ0) is 19.3. The Morgan fingerprint density at radius 2 is 1.93 bits per heavy atom. The first kappa shape index (κ1) is 17.1. The maximum atomic E-state index is 13.3. The topological polar surface area (TPSA) is 59.8 Å². The van der Waals surface area contributed by atoms with E-state index < -0.39 is 0 Å². The van der Waals surface area contributed by atoms with Crippen LogP contribution in [-0.4, -0.2) is 20.5 Å².